The molecule has 184 valence electrons. The van der Waals surface area contributed by atoms with Crippen molar-refractivity contribution in [3.05, 3.63) is 81.4 Å². The zero-order valence-electron chi connectivity index (χ0n) is 20.0. The van der Waals surface area contributed by atoms with E-state index in [0.29, 0.717) is 30.2 Å². The number of benzene rings is 2. The van der Waals surface area contributed by atoms with Crippen molar-refractivity contribution in [1.82, 2.24) is 14.9 Å². The van der Waals surface area contributed by atoms with Crippen molar-refractivity contribution in [2.75, 3.05) is 36.4 Å². The summed E-state index contributed by atoms with van der Waals surface area (Å²) in [4.78, 5) is 29.8. The Hall–Kier alpha value is -3.16. The largest absolute Gasteiger partial charge is 0.352 e. The highest BCUT2D eigenvalue weighted by Crippen LogP contribution is 2.40. The number of anilines is 2. The molecule has 3 heterocycles. The number of carbonyl (C=O) groups excluding carboxylic acids is 1. The van der Waals surface area contributed by atoms with Crippen LogP contribution in [-0.4, -0.2) is 47.1 Å². The molecule has 2 aliphatic rings. The van der Waals surface area contributed by atoms with Crippen LogP contribution >= 0.6 is 22.9 Å². The van der Waals surface area contributed by atoms with Crippen LogP contribution in [-0.2, 0) is 19.3 Å². The summed E-state index contributed by atoms with van der Waals surface area (Å²) in [7, 11) is 0. The van der Waals surface area contributed by atoms with Gasteiger partial charge in [-0.25, -0.2) is 14.8 Å². The number of rotatable bonds is 4. The lowest BCUT2D eigenvalue weighted by molar-refractivity contribution is 0.208. The van der Waals surface area contributed by atoms with Crippen molar-refractivity contribution in [3.63, 3.8) is 0 Å². The summed E-state index contributed by atoms with van der Waals surface area (Å²) in [5.74, 6) is 1.91. The van der Waals surface area contributed by atoms with E-state index in [1.807, 2.05) is 34.4 Å². The van der Waals surface area contributed by atoms with Gasteiger partial charge in [0, 0.05) is 48.2 Å². The first-order valence-electron chi connectivity index (χ1n) is 12.6. The maximum atomic E-state index is 12.9. The number of hydrogen-bond acceptors (Lipinski definition) is 5. The zero-order valence-corrected chi connectivity index (χ0v) is 21.6. The van der Waals surface area contributed by atoms with Gasteiger partial charge in [0.15, 0.2) is 0 Å². The van der Waals surface area contributed by atoms with Crippen LogP contribution in [0.5, 0.6) is 0 Å². The summed E-state index contributed by atoms with van der Waals surface area (Å²) in [6, 6.07) is 17.6. The van der Waals surface area contributed by atoms with E-state index in [9.17, 15) is 4.79 Å². The molecule has 0 saturated carbocycles. The zero-order chi connectivity index (χ0) is 24.5. The number of halogens is 1. The lowest BCUT2D eigenvalue weighted by atomic mass is 9.96. The molecule has 0 radical (unpaired) electrons. The molecular weight excluding hydrogens is 490 g/mol. The third-order valence-corrected chi connectivity index (χ3v) is 8.41. The van der Waals surface area contributed by atoms with Crippen LogP contribution < -0.4 is 10.2 Å². The van der Waals surface area contributed by atoms with E-state index in [1.165, 1.54) is 34.2 Å². The molecule has 6 rings (SSSR count). The maximum Gasteiger partial charge on any atom is 0.321 e. The third-order valence-electron chi connectivity index (χ3n) is 6.99. The summed E-state index contributed by atoms with van der Waals surface area (Å²) in [6.45, 7) is 2.76. The van der Waals surface area contributed by atoms with Gasteiger partial charge in [0.05, 0.1) is 5.39 Å². The first kappa shape index (κ1) is 23.3. The van der Waals surface area contributed by atoms with Crippen molar-refractivity contribution in [2.45, 2.75) is 32.1 Å². The molecule has 0 bridgehead atoms. The van der Waals surface area contributed by atoms with Crippen molar-refractivity contribution in [2.24, 2.45) is 0 Å². The molecule has 1 aliphatic carbocycles. The molecule has 36 heavy (non-hydrogen) atoms. The van der Waals surface area contributed by atoms with Crippen LogP contribution in [0.2, 0.25) is 5.02 Å². The number of fused-ring (bicyclic) bond motifs is 3. The second kappa shape index (κ2) is 10.1. The van der Waals surface area contributed by atoms with Gasteiger partial charge in [0.25, 0.3) is 0 Å². The molecule has 4 aromatic rings. The number of urea groups is 1. The summed E-state index contributed by atoms with van der Waals surface area (Å²) in [6.07, 6.45) is 5.43. The van der Waals surface area contributed by atoms with Gasteiger partial charge in [0.2, 0.25) is 0 Å². The van der Waals surface area contributed by atoms with Crippen LogP contribution in [0.1, 0.15) is 34.7 Å². The Labute approximate surface area is 219 Å². The monoisotopic (exact) mass is 517 g/mol. The Morgan fingerprint density at radius 3 is 2.58 bits per heavy atom. The Morgan fingerprint density at radius 1 is 0.972 bits per heavy atom. The molecule has 1 aliphatic heterocycles. The minimum Gasteiger partial charge on any atom is -0.352 e. The highest BCUT2D eigenvalue weighted by molar-refractivity contribution is 7.19. The van der Waals surface area contributed by atoms with Gasteiger partial charge in [-0.05, 0) is 55.0 Å². The SMILES string of the molecule is O=C(Nc1cccc(Cl)c1)N1CCN(c2nc(Cc3ccccc3)nc3sc4c(c23)CCCC4)CC1. The number of aryl methyl sites for hydroxylation is 2. The van der Waals surface area contributed by atoms with Crippen LogP contribution in [0.15, 0.2) is 54.6 Å². The van der Waals surface area contributed by atoms with Gasteiger partial charge in [-0.3, -0.25) is 0 Å². The Kier molecular flexibility index (Phi) is 6.50. The van der Waals surface area contributed by atoms with E-state index >= 15 is 0 Å². The average molecular weight is 518 g/mol. The Morgan fingerprint density at radius 2 is 1.78 bits per heavy atom. The second-order valence-corrected chi connectivity index (χ2v) is 11.0. The number of nitrogens with one attached hydrogen (secondary N) is 1. The lowest BCUT2D eigenvalue weighted by Gasteiger charge is -2.36. The normalized spacial score (nSPS) is 15.7. The van der Waals surface area contributed by atoms with Gasteiger partial charge in [-0.2, -0.15) is 0 Å². The van der Waals surface area contributed by atoms with E-state index in [4.69, 9.17) is 21.6 Å². The van der Waals surface area contributed by atoms with Crippen LogP contribution in [0, 0.1) is 0 Å². The lowest BCUT2D eigenvalue weighted by Crippen LogP contribution is -2.50. The molecule has 6 nitrogen and oxygen atoms in total. The van der Waals surface area contributed by atoms with Gasteiger partial charge in [-0.1, -0.05) is 48.0 Å². The van der Waals surface area contributed by atoms with E-state index in [2.05, 4.69) is 34.5 Å². The summed E-state index contributed by atoms with van der Waals surface area (Å²) in [5, 5.41) is 4.82. The number of hydrogen-bond donors (Lipinski definition) is 1. The van der Waals surface area contributed by atoms with E-state index in [0.717, 1.165) is 42.4 Å². The number of amides is 2. The minimum absolute atomic E-state index is 0.0950. The fourth-order valence-electron chi connectivity index (χ4n) is 5.16. The Balaban J connectivity index is 1.25. The molecule has 1 N–H and O–H groups in total. The molecule has 2 aromatic heterocycles. The summed E-state index contributed by atoms with van der Waals surface area (Å²) >= 11 is 7.92. The topological polar surface area (TPSA) is 61.4 Å². The Bertz CT molecular complexity index is 1400. The molecule has 2 amide bonds. The quantitative estimate of drug-likeness (QED) is 0.352. The predicted octanol–water partition coefficient (Wildman–Crippen LogP) is 6.17. The first-order valence-corrected chi connectivity index (χ1v) is 13.7. The molecule has 1 saturated heterocycles. The maximum absolute atomic E-state index is 12.9. The fraction of sp³-hybridized carbons (Fsp3) is 0.321. The van der Waals surface area contributed by atoms with Crippen LogP contribution in [0.3, 0.4) is 0 Å². The van der Waals surface area contributed by atoms with Crippen molar-refractivity contribution in [3.8, 4) is 0 Å². The number of thiophene rings is 1. The van der Waals surface area contributed by atoms with Gasteiger partial charge < -0.3 is 15.1 Å². The molecular formula is C28H28ClN5OS. The molecule has 0 spiro atoms. The molecule has 2 aromatic carbocycles. The van der Waals surface area contributed by atoms with Crippen LogP contribution in [0.4, 0.5) is 16.3 Å². The average Bonchev–Trinajstić information content (AvgIpc) is 3.27. The van der Waals surface area contributed by atoms with Crippen LogP contribution in [0.25, 0.3) is 10.2 Å². The van der Waals surface area contributed by atoms with Crippen molar-refractivity contribution < 1.29 is 4.79 Å². The number of nitrogens with zero attached hydrogens (tertiary/aromatic N) is 4. The molecule has 8 heteroatoms. The molecule has 1 fully saturated rings. The fourth-order valence-corrected chi connectivity index (χ4v) is 6.62. The molecule has 0 atom stereocenters. The van der Waals surface area contributed by atoms with Crippen molar-refractivity contribution in [1.29, 1.82) is 0 Å². The van der Waals surface area contributed by atoms with Gasteiger partial charge in [-0.15, -0.1) is 11.3 Å². The smallest absolute Gasteiger partial charge is 0.321 e. The molecule has 0 unspecified atom stereocenters. The summed E-state index contributed by atoms with van der Waals surface area (Å²) < 4.78 is 0. The predicted molar refractivity (Wildman–Crippen MR) is 148 cm³/mol. The van der Waals surface area contributed by atoms with Gasteiger partial charge in [0.1, 0.15) is 16.5 Å². The first-order chi connectivity index (χ1) is 17.6. The van der Waals surface area contributed by atoms with Crippen molar-refractivity contribution >= 4 is 50.7 Å². The second-order valence-electron chi connectivity index (χ2n) is 9.43. The summed E-state index contributed by atoms with van der Waals surface area (Å²) in [5.41, 5.74) is 3.37. The van der Waals surface area contributed by atoms with E-state index in [-0.39, 0.29) is 6.03 Å². The van der Waals surface area contributed by atoms with Gasteiger partial charge >= 0.3 is 6.03 Å². The number of piperazine rings is 1. The highest BCUT2D eigenvalue weighted by Gasteiger charge is 2.27. The highest BCUT2D eigenvalue weighted by atomic mass is 35.5. The third kappa shape index (κ3) is 4.77. The minimum atomic E-state index is -0.0950. The number of aromatic nitrogens is 2. The van der Waals surface area contributed by atoms with E-state index in [1.54, 1.807) is 12.1 Å². The number of carbonyl (C=O) groups is 1. The van der Waals surface area contributed by atoms with E-state index < -0.39 is 0 Å². The standard InChI is InChI=1S/C28H28ClN5OS/c29-20-9-6-10-21(18-20)30-28(35)34-15-13-33(14-16-34)26-25-22-11-4-5-12-23(22)36-27(25)32-24(31-26)17-19-7-2-1-3-8-19/h1-3,6-10,18H,4-5,11-17H2,(H,30,35).